The van der Waals surface area contributed by atoms with E-state index in [0.717, 1.165) is 38.1 Å². The van der Waals surface area contributed by atoms with Crippen molar-refractivity contribution in [2.75, 3.05) is 19.6 Å². The van der Waals surface area contributed by atoms with Gasteiger partial charge in [0.25, 0.3) is 5.91 Å². The van der Waals surface area contributed by atoms with E-state index in [1.165, 1.54) is 24.8 Å². The summed E-state index contributed by atoms with van der Waals surface area (Å²) in [6.07, 6.45) is 0.179. The number of amides is 1. The van der Waals surface area contributed by atoms with Crippen molar-refractivity contribution in [3.05, 3.63) is 35.4 Å². The van der Waals surface area contributed by atoms with Gasteiger partial charge in [0.2, 0.25) is 0 Å². The Morgan fingerprint density at radius 2 is 2.00 bits per heavy atom. The molecule has 1 fully saturated rings. The Kier molecular flexibility index (Phi) is 5.54. The molecule has 1 aromatic rings. The van der Waals surface area contributed by atoms with Gasteiger partial charge < -0.3 is 0 Å². The number of likely N-dealkylation sites (tertiary alicyclic amines) is 1. The molecule has 1 N–H and O–H groups in total. The first-order valence-electron chi connectivity index (χ1n) is 7.17. The van der Waals surface area contributed by atoms with Crippen molar-refractivity contribution >= 4 is 12.1 Å². The SMILES string of the molecule is O=C(CN1CCCCC1)NN=Cc1cccc(C(F)(F)F)c1. The lowest BCUT2D eigenvalue weighted by Crippen LogP contribution is -2.38. The van der Waals surface area contributed by atoms with Gasteiger partial charge in [0.05, 0.1) is 18.3 Å². The van der Waals surface area contributed by atoms with Gasteiger partial charge in [-0.3, -0.25) is 9.69 Å². The number of piperidine rings is 1. The predicted octanol–water partition coefficient (Wildman–Crippen LogP) is 2.64. The van der Waals surface area contributed by atoms with Crippen LogP contribution >= 0.6 is 0 Å². The molecule has 1 saturated heterocycles. The number of carbonyl (C=O) groups excluding carboxylic acids is 1. The molecule has 1 amide bonds. The molecule has 7 heteroatoms. The number of nitrogens with one attached hydrogen (secondary N) is 1. The maximum Gasteiger partial charge on any atom is 0.416 e. The van der Waals surface area contributed by atoms with Gasteiger partial charge in [-0.25, -0.2) is 5.43 Å². The molecule has 120 valence electrons. The molecule has 0 radical (unpaired) electrons. The van der Waals surface area contributed by atoms with Crippen molar-refractivity contribution in [1.82, 2.24) is 10.3 Å². The van der Waals surface area contributed by atoms with Crippen LogP contribution in [0.25, 0.3) is 0 Å². The van der Waals surface area contributed by atoms with Crippen molar-refractivity contribution in [3.63, 3.8) is 0 Å². The average Bonchev–Trinajstić information content (AvgIpc) is 2.48. The molecule has 1 aliphatic rings. The Morgan fingerprint density at radius 3 is 2.68 bits per heavy atom. The second kappa shape index (κ2) is 7.40. The van der Waals surface area contributed by atoms with E-state index in [-0.39, 0.29) is 18.0 Å². The first-order chi connectivity index (χ1) is 10.4. The Hall–Kier alpha value is -1.89. The van der Waals surface area contributed by atoms with Gasteiger partial charge in [0.15, 0.2) is 0 Å². The molecule has 1 aromatic carbocycles. The Bertz CT molecular complexity index is 537. The standard InChI is InChI=1S/C15H18F3N3O/c16-15(17,18)13-6-4-5-12(9-13)10-19-20-14(22)11-21-7-2-1-3-8-21/h4-6,9-10H,1-3,7-8,11H2,(H,20,22). The molecule has 22 heavy (non-hydrogen) atoms. The van der Waals surface area contributed by atoms with E-state index in [2.05, 4.69) is 10.5 Å². The number of hydrogen-bond acceptors (Lipinski definition) is 3. The maximum atomic E-state index is 12.6. The topological polar surface area (TPSA) is 44.7 Å². The van der Waals surface area contributed by atoms with Crippen LogP contribution in [0.15, 0.2) is 29.4 Å². The lowest BCUT2D eigenvalue weighted by atomic mass is 10.1. The first kappa shape index (κ1) is 16.5. The highest BCUT2D eigenvalue weighted by Crippen LogP contribution is 2.29. The number of hydrazone groups is 1. The summed E-state index contributed by atoms with van der Waals surface area (Å²) in [6.45, 7) is 2.05. The molecule has 0 saturated carbocycles. The zero-order valence-electron chi connectivity index (χ0n) is 12.1. The Labute approximate surface area is 127 Å². The highest BCUT2D eigenvalue weighted by atomic mass is 19.4. The smallest absolute Gasteiger partial charge is 0.294 e. The minimum Gasteiger partial charge on any atom is -0.294 e. The summed E-state index contributed by atoms with van der Waals surface area (Å²) < 4.78 is 37.7. The van der Waals surface area contributed by atoms with E-state index >= 15 is 0 Å². The first-order valence-corrected chi connectivity index (χ1v) is 7.17. The largest absolute Gasteiger partial charge is 0.416 e. The molecule has 0 unspecified atom stereocenters. The number of carbonyl (C=O) groups is 1. The van der Waals surface area contributed by atoms with Crippen LogP contribution in [0.4, 0.5) is 13.2 Å². The van der Waals surface area contributed by atoms with Crippen molar-refractivity contribution in [2.24, 2.45) is 5.10 Å². The van der Waals surface area contributed by atoms with E-state index < -0.39 is 11.7 Å². The summed E-state index contributed by atoms with van der Waals surface area (Å²) in [5.41, 5.74) is 1.89. The van der Waals surface area contributed by atoms with Crippen LogP contribution in [-0.4, -0.2) is 36.7 Å². The summed E-state index contributed by atoms with van der Waals surface area (Å²) in [6, 6.07) is 4.78. The average molecular weight is 313 g/mol. The number of benzene rings is 1. The second-order valence-electron chi connectivity index (χ2n) is 5.25. The minimum atomic E-state index is -4.39. The van der Waals surface area contributed by atoms with E-state index in [1.807, 2.05) is 4.90 Å². The molecular weight excluding hydrogens is 295 g/mol. The Morgan fingerprint density at radius 1 is 1.27 bits per heavy atom. The summed E-state index contributed by atoms with van der Waals surface area (Å²) in [4.78, 5) is 13.7. The highest BCUT2D eigenvalue weighted by molar-refractivity contribution is 5.83. The third-order valence-electron chi connectivity index (χ3n) is 3.43. The zero-order valence-corrected chi connectivity index (χ0v) is 12.1. The molecular formula is C15H18F3N3O. The van der Waals surface area contributed by atoms with Crippen molar-refractivity contribution in [1.29, 1.82) is 0 Å². The van der Waals surface area contributed by atoms with Gasteiger partial charge in [0, 0.05) is 0 Å². The molecule has 0 bridgehead atoms. The van der Waals surface area contributed by atoms with Gasteiger partial charge in [-0.2, -0.15) is 18.3 Å². The molecule has 4 nitrogen and oxygen atoms in total. The van der Waals surface area contributed by atoms with Crippen molar-refractivity contribution in [3.8, 4) is 0 Å². The molecule has 0 aromatic heterocycles. The normalized spacial score (nSPS) is 16.9. The lowest BCUT2D eigenvalue weighted by Gasteiger charge is -2.25. The number of nitrogens with zero attached hydrogens (tertiary/aromatic N) is 2. The van der Waals surface area contributed by atoms with Crippen molar-refractivity contribution < 1.29 is 18.0 Å². The van der Waals surface area contributed by atoms with Crippen LogP contribution in [-0.2, 0) is 11.0 Å². The fourth-order valence-corrected chi connectivity index (χ4v) is 2.33. The quantitative estimate of drug-likeness (QED) is 0.686. The third-order valence-corrected chi connectivity index (χ3v) is 3.43. The zero-order chi connectivity index (χ0) is 16.0. The van der Waals surface area contributed by atoms with Gasteiger partial charge in [-0.15, -0.1) is 0 Å². The molecule has 1 aliphatic heterocycles. The number of halogens is 3. The van der Waals surface area contributed by atoms with Crippen LogP contribution in [0, 0.1) is 0 Å². The highest BCUT2D eigenvalue weighted by Gasteiger charge is 2.30. The molecule has 1 heterocycles. The predicted molar refractivity (Wildman–Crippen MR) is 77.5 cm³/mol. The van der Waals surface area contributed by atoms with Gasteiger partial charge in [-0.05, 0) is 43.6 Å². The molecule has 0 spiro atoms. The van der Waals surface area contributed by atoms with Crippen LogP contribution in [0.2, 0.25) is 0 Å². The molecule has 0 aliphatic carbocycles. The third kappa shape index (κ3) is 5.14. The van der Waals surface area contributed by atoms with Crippen LogP contribution < -0.4 is 5.43 Å². The van der Waals surface area contributed by atoms with E-state index in [4.69, 9.17) is 0 Å². The van der Waals surface area contributed by atoms with E-state index in [9.17, 15) is 18.0 Å². The van der Waals surface area contributed by atoms with Gasteiger partial charge in [-0.1, -0.05) is 18.6 Å². The molecule has 0 atom stereocenters. The fraction of sp³-hybridized carbons (Fsp3) is 0.467. The maximum absolute atomic E-state index is 12.6. The van der Waals surface area contributed by atoms with Crippen LogP contribution in [0.5, 0.6) is 0 Å². The summed E-state index contributed by atoms with van der Waals surface area (Å²) in [5.74, 6) is -0.259. The minimum absolute atomic E-state index is 0.259. The fourth-order valence-electron chi connectivity index (χ4n) is 2.33. The van der Waals surface area contributed by atoms with Crippen LogP contribution in [0.1, 0.15) is 30.4 Å². The second-order valence-corrected chi connectivity index (χ2v) is 5.25. The number of rotatable bonds is 4. The Balaban J connectivity index is 1.85. The summed E-state index contributed by atoms with van der Waals surface area (Å²) in [5, 5.41) is 3.71. The lowest BCUT2D eigenvalue weighted by molar-refractivity contribution is -0.137. The monoisotopic (exact) mass is 313 g/mol. The van der Waals surface area contributed by atoms with Gasteiger partial charge >= 0.3 is 6.18 Å². The van der Waals surface area contributed by atoms with E-state index in [0.29, 0.717) is 0 Å². The molecule has 2 rings (SSSR count). The summed E-state index contributed by atoms with van der Waals surface area (Å²) in [7, 11) is 0. The summed E-state index contributed by atoms with van der Waals surface area (Å²) >= 11 is 0. The van der Waals surface area contributed by atoms with Crippen LogP contribution in [0.3, 0.4) is 0 Å². The number of alkyl halides is 3. The van der Waals surface area contributed by atoms with E-state index in [1.54, 1.807) is 0 Å². The number of hydrogen-bond donors (Lipinski definition) is 1. The van der Waals surface area contributed by atoms with Gasteiger partial charge in [0.1, 0.15) is 0 Å². The van der Waals surface area contributed by atoms with Crippen molar-refractivity contribution in [2.45, 2.75) is 25.4 Å².